The minimum atomic E-state index is -3.55. The van der Waals surface area contributed by atoms with Gasteiger partial charge in [0.2, 0.25) is 10.0 Å². The van der Waals surface area contributed by atoms with E-state index in [0.29, 0.717) is 5.92 Å². The molecule has 0 aliphatic heterocycles. The maximum absolute atomic E-state index is 12.3. The Labute approximate surface area is 134 Å². The van der Waals surface area contributed by atoms with Crippen LogP contribution in [0.2, 0.25) is 0 Å². The summed E-state index contributed by atoms with van der Waals surface area (Å²) in [5.41, 5.74) is 1.11. The topological polar surface area (TPSA) is 66.4 Å². The first-order chi connectivity index (χ1) is 10.4. The van der Waals surface area contributed by atoms with Gasteiger partial charge in [-0.15, -0.1) is 0 Å². The Hall–Kier alpha value is -0.910. The van der Waals surface area contributed by atoms with Gasteiger partial charge in [0.1, 0.15) is 0 Å². The lowest BCUT2D eigenvalue weighted by Gasteiger charge is -2.26. The summed E-state index contributed by atoms with van der Waals surface area (Å²) in [6.45, 7) is 4.24. The molecule has 0 saturated heterocycles. The smallest absolute Gasteiger partial charge is 0.240 e. The average molecular weight is 325 g/mol. The van der Waals surface area contributed by atoms with Crippen LogP contribution < -0.4 is 4.72 Å². The van der Waals surface area contributed by atoms with Crippen molar-refractivity contribution in [2.45, 2.75) is 62.9 Å². The molecular weight excluding hydrogens is 298 g/mol. The van der Waals surface area contributed by atoms with E-state index in [-0.39, 0.29) is 17.4 Å². The van der Waals surface area contributed by atoms with E-state index in [1.165, 1.54) is 6.42 Å². The summed E-state index contributed by atoms with van der Waals surface area (Å²) in [7, 11) is -3.55. The van der Waals surface area contributed by atoms with Crippen LogP contribution in [0.5, 0.6) is 0 Å². The van der Waals surface area contributed by atoms with Crippen LogP contribution in [0.3, 0.4) is 0 Å². The van der Waals surface area contributed by atoms with E-state index in [9.17, 15) is 13.5 Å². The lowest BCUT2D eigenvalue weighted by molar-refractivity contribution is 0.0888. The Balaban J connectivity index is 1.95. The molecule has 22 heavy (non-hydrogen) atoms. The van der Waals surface area contributed by atoms with Gasteiger partial charge < -0.3 is 5.11 Å². The number of sulfonamides is 1. The Morgan fingerprint density at radius 2 is 1.73 bits per heavy atom. The molecule has 124 valence electrons. The largest absolute Gasteiger partial charge is 0.391 e. The predicted octanol–water partition coefficient (Wildman–Crippen LogP) is 3.03. The van der Waals surface area contributed by atoms with Crippen LogP contribution in [0, 0.1) is 5.92 Å². The molecule has 0 amide bonds. The van der Waals surface area contributed by atoms with Crippen LogP contribution in [0.4, 0.5) is 0 Å². The zero-order valence-corrected chi connectivity index (χ0v) is 14.3. The monoisotopic (exact) mass is 325 g/mol. The molecule has 0 spiro atoms. The van der Waals surface area contributed by atoms with Crippen LogP contribution in [0.15, 0.2) is 29.2 Å². The summed E-state index contributed by atoms with van der Waals surface area (Å²) >= 11 is 0. The Bertz CT molecular complexity index is 560. The fourth-order valence-electron chi connectivity index (χ4n) is 3.00. The number of nitrogens with one attached hydrogen (secondary N) is 1. The molecule has 1 aromatic carbocycles. The van der Waals surface area contributed by atoms with Crippen molar-refractivity contribution in [1.82, 2.24) is 4.72 Å². The first-order valence-corrected chi connectivity index (χ1v) is 9.66. The zero-order valence-electron chi connectivity index (χ0n) is 13.5. The zero-order chi connectivity index (χ0) is 16.2. The number of hydrogen-bond donors (Lipinski definition) is 2. The lowest BCUT2D eigenvalue weighted by Crippen LogP contribution is -2.37. The molecule has 1 fully saturated rings. The Morgan fingerprint density at radius 1 is 1.14 bits per heavy atom. The number of rotatable bonds is 6. The molecule has 1 aromatic rings. The van der Waals surface area contributed by atoms with Crippen molar-refractivity contribution < 1.29 is 13.5 Å². The Morgan fingerprint density at radius 3 is 2.27 bits per heavy atom. The third kappa shape index (κ3) is 4.54. The van der Waals surface area contributed by atoms with Gasteiger partial charge in [-0.2, -0.15) is 0 Å². The van der Waals surface area contributed by atoms with Gasteiger partial charge >= 0.3 is 0 Å². The van der Waals surface area contributed by atoms with E-state index >= 15 is 0 Å². The van der Waals surface area contributed by atoms with Gasteiger partial charge in [-0.1, -0.05) is 45.2 Å². The minimum absolute atomic E-state index is 0.0962. The van der Waals surface area contributed by atoms with Gasteiger partial charge in [-0.25, -0.2) is 13.1 Å². The van der Waals surface area contributed by atoms with E-state index < -0.39 is 16.1 Å². The van der Waals surface area contributed by atoms with Gasteiger partial charge in [0.15, 0.2) is 0 Å². The minimum Gasteiger partial charge on any atom is -0.391 e. The highest BCUT2D eigenvalue weighted by molar-refractivity contribution is 7.89. The van der Waals surface area contributed by atoms with Gasteiger partial charge in [-0.3, -0.25) is 0 Å². The highest BCUT2D eigenvalue weighted by atomic mass is 32.2. The van der Waals surface area contributed by atoms with Gasteiger partial charge in [-0.05, 0) is 42.4 Å². The normalized spacial score (nSPS) is 18.5. The first-order valence-electron chi connectivity index (χ1n) is 8.18. The second kappa shape index (κ2) is 7.57. The molecule has 0 bridgehead atoms. The quantitative estimate of drug-likeness (QED) is 0.845. The molecule has 4 nitrogen and oxygen atoms in total. The van der Waals surface area contributed by atoms with E-state index in [2.05, 4.69) is 18.6 Å². The molecule has 1 atom stereocenters. The fourth-order valence-corrected chi connectivity index (χ4v) is 4.05. The molecule has 5 heteroatoms. The standard InChI is InChI=1S/C17H27NO3S/c1-13(2)14-8-10-16(11-9-14)22(20,21)18-12-17(19)15-6-4-3-5-7-15/h8-11,13,15,17-19H,3-7,12H2,1-2H3. The molecule has 2 rings (SSSR count). The van der Waals surface area contributed by atoms with E-state index in [1.807, 2.05) is 12.1 Å². The van der Waals surface area contributed by atoms with Crippen LogP contribution in [0.1, 0.15) is 57.4 Å². The van der Waals surface area contributed by atoms with Crippen molar-refractivity contribution in [3.63, 3.8) is 0 Å². The summed E-state index contributed by atoms with van der Waals surface area (Å²) in [6.07, 6.45) is 4.87. The van der Waals surface area contributed by atoms with E-state index in [1.54, 1.807) is 12.1 Å². The molecule has 1 saturated carbocycles. The number of benzene rings is 1. The van der Waals surface area contributed by atoms with Crippen LogP contribution in [0.25, 0.3) is 0 Å². The molecule has 0 aromatic heterocycles. The second-order valence-corrected chi connectivity index (χ2v) is 8.31. The molecular formula is C17H27NO3S. The maximum Gasteiger partial charge on any atom is 0.240 e. The molecule has 0 radical (unpaired) electrons. The highest BCUT2D eigenvalue weighted by Gasteiger charge is 2.23. The summed E-state index contributed by atoms with van der Waals surface area (Å²) < 4.78 is 27.1. The molecule has 1 aliphatic carbocycles. The molecule has 1 unspecified atom stereocenters. The van der Waals surface area contributed by atoms with E-state index in [4.69, 9.17) is 0 Å². The van der Waals surface area contributed by atoms with Crippen molar-refractivity contribution in [3.05, 3.63) is 29.8 Å². The summed E-state index contributed by atoms with van der Waals surface area (Å²) in [4.78, 5) is 0.257. The maximum atomic E-state index is 12.3. The van der Waals surface area contributed by atoms with Gasteiger partial charge in [0, 0.05) is 6.54 Å². The van der Waals surface area contributed by atoms with Crippen molar-refractivity contribution in [3.8, 4) is 0 Å². The molecule has 1 aliphatic rings. The number of aliphatic hydroxyl groups excluding tert-OH is 1. The van der Waals surface area contributed by atoms with E-state index in [0.717, 1.165) is 31.2 Å². The lowest BCUT2D eigenvalue weighted by atomic mass is 9.85. The van der Waals surface area contributed by atoms with Gasteiger partial charge in [0.05, 0.1) is 11.0 Å². The molecule has 2 N–H and O–H groups in total. The van der Waals surface area contributed by atoms with Crippen LogP contribution in [-0.4, -0.2) is 26.2 Å². The van der Waals surface area contributed by atoms with Crippen molar-refractivity contribution in [2.75, 3.05) is 6.54 Å². The molecule has 0 heterocycles. The number of aliphatic hydroxyl groups is 1. The van der Waals surface area contributed by atoms with Crippen LogP contribution in [-0.2, 0) is 10.0 Å². The van der Waals surface area contributed by atoms with Gasteiger partial charge in [0.25, 0.3) is 0 Å². The Kier molecular flexibility index (Phi) is 6.01. The first kappa shape index (κ1) is 17.4. The van der Waals surface area contributed by atoms with Crippen molar-refractivity contribution in [2.24, 2.45) is 5.92 Å². The van der Waals surface area contributed by atoms with Crippen molar-refractivity contribution >= 4 is 10.0 Å². The fraction of sp³-hybridized carbons (Fsp3) is 0.647. The summed E-state index contributed by atoms with van der Waals surface area (Å²) in [6, 6.07) is 6.95. The van der Waals surface area contributed by atoms with Crippen molar-refractivity contribution in [1.29, 1.82) is 0 Å². The summed E-state index contributed by atoms with van der Waals surface area (Å²) in [5, 5.41) is 10.2. The highest BCUT2D eigenvalue weighted by Crippen LogP contribution is 2.26. The predicted molar refractivity (Wildman–Crippen MR) is 88.3 cm³/mol. The number of hydrogen-bond acceptors (Lipinski definition) is 3. The van der Waals surface area contributed by atoms with Crippen LogP contribution >= 0.6 is 0 Å². The summed E-state index contributed by atoms with van der Waals surface area (Å²) in [5.74, 6) is 0.595. The third-order valence-corrected chi connectivity index (χ3v) is 5.97. The third-order valence-electron chi connectivity index (χ3n) is 4.53. The SMILES string of the molecule is CC(C)c1ccc(S(=O)(=O)NCC(O)C2CCCCC2)cc1. The second-order valence-electron chi connectivity index (χ2n) is 6.54. The average Bonchev–Trinajstić information content (AvgIpc) is 2.53.